The van der Waals surface area contributed by atoms with Crippen molar-refractivity contribution in [1.29, 1.82) is 0 Å². The van der Waals surface area contributed by atoms with Crippen LogP contribution in [0.1, 0.15) is 8.35 Å². The van der Waals surface area contributed by atoms with Gasteiger partial charge in [-0.05, 0) is 0 Å². The van der Waals surface area contributed by atoms with Crippen molar-refractivity contribution >= 4 is 13.3 Å². The number of rotatable bonds is 1. The van der Waals surface area contributed by atoms with Crippen molar-refractivity contribution < 1.29 is 50.5 Å². The molecular formula is C2H6BNaO4. The van der Waals surface area contributed by atoms with Crippen LogP contribution in [0, 0.1) is 0 Å². The summed E-state index contributed by atoms with van der Waals surface area (Å²) in [5.74, 6) is -0.713. The maximum absolute atomic E-state index is 9.71. The quantitative estimate of drug-likeness (QED) is 0.350. The molecule has 6 heteroatoms. The summed E-state index contributed by atoms with van der Waals surface area (Å²) in [5.41, 5.74) is 0. The van der Waals surface area contributed by atoms with Crippen molar-refractivity contribution in [2.24, 2.45) is 0 Å². The molecule has 0 aliphatic carbocycles. The van der Waals surface area contributed by atoms with Gasteiger partial charge in [0.1, 0.15) is 0 Å². The molecule has 0 saturated carbocycles. The van der Waals surface area contributed by atoms with E-state index in [9.17, 15) is 4.79 Å². The van der Waals surface area contributed by atoms with E-state index in [1.54, 1.807) is 0 Å². The summed E-state index contributed by atoms with van der Waals surface area (Å²) in [5, 5.41) is 15.7. The van der Waals surface area contributed by atoms with Gasteiger partial charge in [0.2, 0.25) is 0 Å². The van der Waals surface area contributed by atoms with E-state index < -0.39 is 13.3 Å². The van der Waals surface area contributed by atoms with Crippen molar-refractivity contribution in [2.45, 2.75) is 6.92 Å². The molecule has 42 valence electrons. The second-order valence-corrected chi connectivity index (χ2v) is 0.936. The monoisotopic (exact) mass is 128 g/mol. The third-order valence-corrected chi connectivity index (χ3v) is 0.271. The molecule has 0 unspecified atom stereocenters. The van der Waals surface area contributed by atoms with Gasteiger partial charge in [0.05, 0.1) is 0 Å². The first kappa shape index (κ1) is 11.3. The number of carbonyl (C=O) groups is 1. The van der Waals surface area contributed by atoms with Gasteiger partial charge in [0, 0.05) is 6.92 Å². The van der Waals surface area contributed by atoms with E-state index in [4.69, 9.17) is 10.0 Å². The van der Waals surface area contributed by atoms with E-state index in [-0.39, 0.29) is 31.0 Å². The molecule has 0 atom stereocenters. The summed E-state index contributed by atoms with van der Waals surface area (Å²) in [6, 6.07) is 0. The molecule has 0 saturated heterocycles. The normalized spacial score (nSPS) is 6.88. The Kier molecular flexibility index (Phi) is 7.88. The van der Waals surface area contributed by atoms with Crippen LogP contribution in [-0.2, 0) is 9.45 Å². The molecular weight excluding hydrogens is 122 g/mol. The first-order valence-electron chi connectivity index (χ1n) is 1.66. The van der Waals surface area contributed by atoms with Gasteiger partial charge < -0.3 is 16.1 Å². The fourth-order valence-corrected chi connectivity index (χ4v) is 0.148. The van der Waals surface area contributed by atoms with Crippen molar-refractivity contribution in [3.63, 3.8) is 0 Å². The van der Waals surface area contributed by atoms with Gasteiger partial charge in [-0.25, -0.2) is 0 Å². The summed E-state index contributed by atoms with van der Waals surface area (Å²) >= 11 is 0. The maximum atomic E-state index is 9.71. The summed E-state index contributed by atoms with van der Waals surface area (Å²) in [4.78, 5) is 9.71. The van der Waals surface area contributed by atoms with Crippen molar-refractivity contribution in [3.05, 3.63) is 0 Å². The average Bonchev–Trinajstić information content (AvgIpc) is 1.27. The predicted molar refractivity (Wildman–Crippen MR) is 23.1 cm³/mol. The topological polar surface area (TPSA) is 66.8 Å². The molecule has 0 aromatic rings. The average molecular weight is 128 g/mol. The van der Waals surface area contributed by atoms with Crippen LogP contribution in [0.4, 0.5) is 0 Å². The third-order valence-electron chi connectivity index (χ3n) is 0.271. The number of carbonyl (C=O) groups excluding carboxylic acids is 1. The van der Waals surface area contributed by atoms with Crippen molar-refractivity contribution in [2.75, 3.05) is 0 Å². The SMILES string of the molecule is CC(=O)OB(O)O.[H-].[Na+]. The molecule has 0 aliphatic rings. The summed E-state index contributed by atoms with van der Waals surface area (Å²) in [6.45, 7) is 1.08. The van der Waals surface area contributed by atoms with Crippen LogP contribution in [0.25, 0.3) is 0 Å². The molecule has 0 amide bonds. The standard InChI is InChI=1S/C2H5BO4.Na.H/c1-2(4)7-3(5)6;;/h5-6H,1H3;;/q;+1;-1. The molecule has 0 aromatic carbocycles. The molecule has 0 radical (unpaired) electrons. The van der Waals surface area contributed by atoms with Crippen LogP contribution >= 0.6 is 0 Å². The molecule has 2 N–H and O–H groups in total. The van der Waals surface area contributed by atoms with Gasteiger partial charge in [0.15, 0.2) is 0 Å². The minimum atomic E-state index is -1.97. The number of hydrogen-bond donors (Lipinski definition) is 2. The van der Waals surface area contributed by atoms with Crippen LogP contribution in [0.15, 0.2) is 0 Å². The summed E-state index contributed by atoms with van der Waals surface area (Å²) < 4.78 is 3.72. The molecule has 0 aromatic heterocycles. The smallest absolute Gasteiger partial charge is 1.00 e. The van der Waals surface area contributed by atoms with Crippen molar-refractivity contribution in [3.8, 4) is 0 Å². The van der Waals surface area contributed by atoms with E-state index in [0.29, 0.717) is 0 Å². The maximum Gasteiger partial charge on any atom is 1.00 e. The Bertz CT molecular complexity index is 79.0. The van der Waals surface area contributed by atoms with Gasteiger partial charge in [-0.3, -0.25) is 4.79 Å². The Balaban J connectivity index is -0.000000180. The first-order chi connectivity index (χ1) is 3.13. The van der Waals surface area contributed by atoms with Crippen LogP contribution in [0.5, 0.6) is 0 Å². The Morgan fingerprint density at radius 2 is 2.12 bits per heavy atom. The summed E-state index contributed by atoms with van der Waals surface area (Å²) in [6.07, 6.45) is 0. The third kappa shape index (κ3) is 9.68. The zero-order valence-corrected chi connectivity index (χ0v) is 6.79. The molecule has 0 aliphatic heterocycles. The second-order valence-electron chi connectivity index (χ2n) is 0.936. The molecule has 4 nitrogen and oxygen atoms in total. The second kappa shape index (κ2) is 5.59. The zero-order valence-electron chi connectivity index (χ0n) is 5.79. The molecule has 0 spiro atoms. The van der Waals surface area contributed by atoms with E-state index in [1.807, 2.05) is 0 Å². The minimum Gasteiger partial charge on any atom is -1.00 e. The molecule has 0 fully saturated rings. The zero-order chi connectivity index (χ0) is 5.86. The van der Waals surface area contributed by atoms with Crippen LogP contribution in [0.3, 0.4) is 0 Å². The minimum absolute atomic E-state index is 0. The fourth-order valence-electron chi connectivity index (χ4n) is 0.148. The Morgan fingerprint density at radius 1 is 1.75 bits per heavy atom. The van der Waals surface area contributed by atoms with Gasteiger partial charge in [0.25, 0.3) is 5.97 Å². The van der Waals surface area contributed by atoms with E-state index in [0.717, 1.165) is 6.92 Å². The van der Waals surface area contributed by atoms with Gasteiger partial charge in [-0.1, -0.05) is 0 Å². The Labute approximate surface area is 70.8 Å². The van der Waals surface area contributed by atoms with Gasteiger partial charge in [-0.15, -0.1) is 0 Å². The molecule has 0 bridgehead atoms. The van der Waals surface area contributed by atoms with Crippen LogP contribution in [0.2, 0.25) is 0 Å². The van der Waals surface area contributed by atoms with E-state index in [1.165, 1.54) is 0 Å². The first-order valence-corrected chi connectivity index (χ1v) is 1.66. The molecule has 0 rings (SSSR count). The van der Waals surface area contributed by atoms with Crippen LogP contribution in [-0.4, -0.2) is 23.3 Å². The van der Waals surface area contributed by atoms with Crippen LogP contribution < -0.4 is 29.6 Å². The summed E-state index contributed by atoms with van der Waals surface area (Å²) in [7, 11) is -1.97. The largest absolute Gasteiger partial charge is 1.00 e. The molecule has 8 heavy (non-hydrogen) atoms. The number of hydrogen-bond acceptors (Lipinski definition) is 4. The van der Waals surface area contributed by atoms with Crippen molar-refractivity contribution in [1.82, 2.24) is 0 Å². The molecule has 0 heterocycles. The Morgan fingerprint density at radius 3 is 2.12 bits per heavy atom. The van der Waals surface area contributed by atoms with Gasteiger partial charge in [-0.2, -0.15) is 0 Å². The predicted octanol–water partition coefficient (Wildman–Crippen LogP) is -4.36. The Hall–Kier alpha value is 0.455. The van der Waals surface area contributed by atoms with E-state index >= 15 is 0 Å². The van der Waals surface area contributed by atoms with Gasteiger partial charge >= 0.3 is 36.9 Å². The van der Waals surface area contributed by atoms with E-state index in [2.05, 4.69) is 4.65 Å². The fraction of sp³-hybridized carbons (Fsp3) is 0.500.